The van der Waals surface area contributed by atoms with E-state index in [0.717, 1.165) is 13.0 Å². The number of nitrogens with one attached hydrogen (secondary N) is 1. The minimum absolute atomic E-state index is 0.0425. The first-order chi connectivity index (χ1) is 12.6. The first kappa shape index (κ1) is 18.2. The molecular weight excluding hydrogens is 330 g/mol. The zero-order valence-electron chi connectivity index (χ0n) is 15.2. The Balaban J connectivity index is 1.70. The second kappa shape index (κ2) is 8.17. The molecule has 2 aromatic rings. The van der Waals surface area contributed by atoms with E-state index in [-0.39, 0.29) is 5.69 Å². The second-order valence-corrected chi connectivity index (χ2v) is 6.88. The van der Waals surface area contributed by atoms with Gasteiger partial charge in [0.2, 0.25) is 0 Å². The lowest BCUT2D eigenvalue weighted by molar-refractivity contribution is 0.0688. The van der Waals surface area contributed by atoms with Crippen LogP contribution in [0.25, 0.3) is 0 Å². The lowest BCUT2D eigenvalue weighted by Gasteiger charge is -2.30. The Hall–Kier alpha value is -2.63. The van der Waals surface area contributed by atoms with Gasteiger partial charge in [0.25, 0.3) is 5.88 Å². The van der Waals surface area contributed by atoms with Crippen molar-refractivity contribution in [2.24, 2.45) is 5.92 Å². The van der Waals surface area contributed by atoms with Crippen LogP contribution >= 0.6 is 0 Å². The van der Waals surface area contributed by atoms with Gasteiger partial charge in [-0.25, -0.2) is 4.79 Å². The smallest absolute Gasteiger partial charge is 0.356 e. The van der Waals surface area contributed by atoms with Crippen molar-refractivity contribution in [3.8, 4) is 5.88 Å². The van der Waals surface area contributed by atoms with E-state index in [1.54, 1.807) is 6.92 Å². The Labute approximate surface area is 153 Å². The minimum atomic E-state index is -1.08. The van der Waals surface area contributed by atoms with Crippen molar-refractivity contribution in [3.05, 3.63) is 47.2 Å². The number of hydrogen-bond donors (Lipinski definition) is 2. The SMILES string of the molecule is COc1nnc(C(=O)O)c(C)c1NC[C@H]1CCC[C@@H](c2ccccc2)C1. The molecule has 0 amide bonds. The number of benzene rings is 1. The quantitative estimate of drug-likeness (QED) is 0.818. The van der Waals surface area contributed by atoms with Gasteiger partial charge >= 0.3 is 5.97 Å². The van der Waals surface area contributed by atoms with Crippen LogP contribution in [0.1, 0.15) is 53.2 Å². The van der Waals surface area contributed by atoms with Crippen molar-refractivity contribution >= 4 is 11.7 Å². The Morgan fingerprint density at radius 1 is 1.27 bits per heavy atom. The van der Waals surface area contributed by atoms with E-state index in [0.29, 0.717) is 29.0 Å². The van der Waals surface area contributed by atoms with E-state index in [9.17, 15) is 9.90 Å². The fraction of sp³-hybridized carbons (Fsp3) is 0.450. The number of hydrogen-bond acceptors (Lipinski definition) is 5. The molecule has 138 valence electrons. The van der Waals surface area contributed by atoms with Crippen LogP contribution in [0, 0.1) is 12.8 Å². The number of carboxylic acids is 1. The van der Waals surface area contributed by atoms with Gasteiger partial charge in [0.05, 0.1) is 7.11 Å². The molecule has 0 radical (unpaired) electrons. The van der Waals surface area contributed by atoms with Crippen LogP contribution in [0.15, 0.2) is 30.3 Å². The number of nitrogens with zero attached hydrogens (tertiary/aromatic N) is 2. The molecule has 1 aliphatic rings. The molecule has 0 saturated heterocycles. The molecule has 2 N–H and O–H groups in total. The Morgan fingerprint density at radius 3 is 2.73 bits per heavy atom. The molecule has 1 saturated carbocycles. The highest BCUT2D eigenvalue weighted by Gasteiger charge is 2.24. The van der Waals surface area contributed by atoms with E-state index in [1.807, 2.05) is 0 Å². The van der Waals surface area contributed by atoms with Gasteiger partial charge in [0.15, 0.2) is 5.69 Å². The molecule has 1 fully saturated rings. The minimum Gasteiger partial charge on any atom is -0.478 e. The molecule has 0 bridgehead atoms. The molecule has 26 heavy (non-hydrogen) atoms. The maximum atomic E-state index is 11.3. The molecule has 2 atom stereocenters. The highest BCUT2D eigenvalue weighted by Crippen LogP contribution is 2.37. The summed E-state index contributed by atoms with van der Waals surface area (Å²) < 4.78 is 5.26. The van der Waals surface area contributed by atoms with Crippen LogP contribution in [0.5, 0.6) is 5.88 Å². The zero-order chi connectivity index (χ0) is 18.5. The first-order valence-corrected chi connectivity index (χ1v) is 9.03. The molecule has 1 aromatic heterocycles. The Bertz CT molecular complexity index is 764. The van der Waals surface area contributed by atoms with Gasteiger partial charge in [-0.1, -0.05) is 36.8 Å². The number of carboxylic acid groups (broad SMARTS) is 1. The van der Waals surface area contributed by atoms with Crippen molar-refractivity contribution in [2.75, 3.05) is 19.0 Å². The summed E-state index contributed by atoms with van der Waals surface area (Å²) in [7, 11) is 1.51. The molecule has 6 nitrogen and oxygen atoms in total. The lowest BCUT2D eigenvalue weighted by Crippen LogP contribution is -2.22. The summed E-state index contributed by atoms with van der Waals surface area (Å²) in [5.74, 6) is 0.370. The van der Waals surface area contributed by atoms with Crippen LogP contribution in [0.3, 0.4) is 0 Å². The van der Waals surface area contributed by atoms with Gasteiger partial charge in [-0.15, -0.1) is 10.2 Å². The van der Waals surface area contributed by atoms with Gasteiger partial charge in [-0.05, 0) is 43.6 Å². The molecule has 1 aliphatic carbocycles. The molecule has 0 unspecified atom stereocenters. The number of carbonyl (C=O) groups is 1. The maximum Gasteiger partial charge on any atom is 0.356 e. The Kier molecular flexibility index (Phi) is 5.71. The summed E-state index contributed by atoms with van der Waals surface area (Å²) in [5, 5.41) is 20.3. The number of aromatic nitrogens is 2. The summed E-state index contributed by atoms with van der Waals surface area (Å²) >= 11 is 0. The molecule has 0 spiro atoms. The van der Waals surface area contributed by atoms with Gasteiger partial charge < -0.3 is 15.2 Å². The van der Waals surface area contributed by atoms with E-state index in [2.05, 4.69) is 45.8 Å². The summed E-state index contributed by atoms with van der Waals surface area (Å²) in [5.41, 5.74) is 2.55. The highest BCUT2D eigenvalue weighted by molar-refractivity contribution is 5.89. The van der Waals surface area contributed by atoms with Gasteiger partial charge in [0.1, 0.15) is 5.69 Å². The average Bonchev–Trinajstić information content (AvgIpc) is 2.67. The third-order valence-electron chi connectivity index (χ3n) is 5.20. The Morgan fingerprint density at radius 2 is 2.04 bits per heavy atom. The number of ether oxygens (including phenoxy) is 1. The van der Waals surface area contributed by atoms with Crippen LogP contribution in [0.2, 0.25) is 0 Å². The van der Waals surface area contributed by atoms with E-state index >= 15 is 0 Å². The van der Waals surface area contributed by atoms with Crippen molar-refractivity contribution < 1.29 is 14.6 Å². The monoisotopic (exact) mass is 355 g/mol. The predicted molar refractivity (Wildman–Crippen MR) is 99.9 cm³/mol. The number of aromatic carboxylic acids is 1. The molecule has 0 aliphatic heterocycles. The van der Waals surface area contributed by atoms with E-state index < -0.39 is 5.97 Å². The number of methoxy groups -OCH3 is 1. The first-order valence-electron chi connectivity index (χ1n) is 9.03. The van der Waals surface area contributed by atoms with Gasteiger partial charge in [-0.3, -0.25) is 0 Å². The molecule has 1 heterocycles. The van der Waals surface area contributed by atoms with Crippen molar-refractivity contribution in [1.82, 2.24) is 10.2 Å². The van der Waals surface area contributed by atoms with Crippen LogP contribution in [0.4, 0.5) is 5.69 Å². The number of anilines is 1. The highest BCUT2D eigenvalue weighted by atomic mass is 16.5. The maximum absolute atomic E-state index is 11.3. The molecular formula is C20H25N3O3. The summed E-state index contributed by atoms with van der Waals surface area (Å²) in [6.45, 7) is 2.50. The fourth-order valence-corrected chi connectivity index (χ4v) is 3.80. The zero-order valence-corrected chi connectivity index (χ0v) is 15.2. The molecule has 1 aromatic carbocycles. The predicted octanol–water partition coefficient (Wildman–Crippen LogP) is 3.88. The third-order valence-corrected chi connectivity index (χ3v) is 5.20. The standard InChI is InChI=1S/C20H25N3O3/c1-13-17(19(26-2)23-22-18(13)20(24)25)21-12-14-7-6-10-16(11-14)15-8-4-3-5-9-15/h3-5,8-9,14,16H,6-7,10-12H2,1-2H3,(H,21,22)(H,24,25)/t14-,16+/m0/s1. The number of rotatable bonds is 6. The van der Waals surface area contributed by atoms with Gasteiger partial charge in [0, 0.05) is 12.1 Å². The van der Waals surface area contributed by atoms with Crippen LogP contribution in [-0.2, 0) is 0 Å². The van der Waals surface area contributed by atoms with Crippen molar-refractivity contribution in [3.63, 3.8) is 0 Å². The van der Waals surface area contributed by atoms with E-state index in [4.69, 9.17) is 4.74 Å². The van der Waals surface area contributed by atoms with Crippen LogP contribution < -0.4 is 10.1 Å². The van der Waals surface area contributed by atoms with Crippen molar-refractivity contribution in [1.29, 1.82) is 0 Å². The topological polar surface area (TPSA) is 84.3 Å². The molecule has 3 rings (SSSR count). The van der Waals surface area contributed by atoms with Gasteiger partial charge in [-0.2, -0.15) is 0 Å². The second-order valence-electron chi connectivity index (χ2n) is 6.88. The fourth-order valence-electron chi connectivity index (χ4n) is 3.80. The van der Waals surface area contributed by atoms with E-state index in [1.165, 1.54) is 31.9 Å². The largest absolute Gasteiger partial charge is 0.478 e. The summed E-state index contributed by atoms with van der Waals surface area (Å²) in [4.78, 5) is 11.3. The summed E-state index contributed by atoms with van der Waals surface area (Å²) in [6, 6.07) is 10.7. The normalized spacial score (nSPS) is 19.8. The lowest BCUT2D eigenvalue weighted by atomic mass is 9.78. The summed E-state index contributed by atoms with van der Waals surface area (Å²) in [6.07, 6.45) is 4.73. The van der Waals surface area contributed by atoms with Crippen molar-refractivity contribution in [2.45, 2.75) is 38.5 Å². The molecule has 6 heteroatoms. The van der Waals surface area contributed by atoms with Crippen LogP contribution in [-0.4, -0.2) is 34.9 Å². The average molecular weight is 355 g/mol. The third kappa shape index (κ3) is 3.95.